The van der Waals surface area contributed by atoms with Crippen molar-refractivity contribution in [3.63, 3.8) is 0 Å². The Bertz CT molecular complexity index is 339. The normalized spacial score (nSPS) is 11.6. The molecule has 0 aromatic carbocycles. The van der Waals surface area contributed by atoms with Gasteiger partial charge >= 0.3 is 0 Å². The molecule has 18 heavy (non-hydrogen) atoms. The molecular formula is C14H26N4. The fraction of sp³-hybridized carbons (Fsp3) is 0.643. The summed E-state index contributed by atoms with van der Waals surface area (Å²) in [4.78, 5) is 6.86. The smallest absolute Gasteiger partial charge is 0.0564 e. The Morgan fingerprint density at radius 2 is 1.83 bits per heavy atom. The second kappa shape index (κ2) is 7.34. The van der Waals surface area contributed by atoms with Crippen molar-refractivity contribution in [2.75, 3.05) is 18.5 Å². The predicted octanol–water partition coefficient (Wildman–Crippen LogP) is 2.48. The molecule has 0 saturated heterocycles. The van der Waals surface area contributed by atoms with Crippen molar-refractivity contribution in [1.29, 1.82) is 0 Å². The van der Waals surface area contributed by atoms with Crippen molar-refractivity contribution in [2.45, 2.75) is 34.2 Å². The lowest BCUT2D eigenvalue weighted by Crippen LogP contribution is -2.31. The van der Waals surface area contributed by atoms with Crippen LogP contribution in [0.1, 0.15) is 33.4 Å². The highest BCUT2D eigenvalue weighted by Gasteiger charge is 2.11. The zero-order valence-electron chi connectivity index (χ0n) is 12.0. The summed E-state index contributed by atoms with van der Waals surface area (Å²) in [6.45, 7) is 12.1. The quantitative estimate of drug-likeness (QED) is 0.576. The molecular weight excluding hydrogens is 224 g/mol. The molecule has 0 aliphatic rings. The molecule has 0 aliphatic heterocycles. The number of nitrogens with zero attached hydrogens (tertiary/aromatic N) is 2. The number of nitrogen functional groups attached to an aromatic ring is 1. The molecule has 1 aromatic rings. The van der Waals surface area contributed by atoms with Crippen LogP contribution in [0.5, 0.6) is 0 Å². The van der Waals surface area contributed by atoms with Gasteiger partial charge in [-0.15, -0.1) is 0 Å². The SMILES string of the molecule is CC(C)CN(Cc1cc(NN)ccn1)CC(C)C. The number of hydrogen-bond donors (Lipinski definition) is 2. The number of nitrogens with one attached hydrogen (secondary N) is 1. The Morgan fingerprint density at radius 1 is 1.22 bits per heavy atom. The summed E-state index contributed by atoms with van der Waals surface area (Å²) >= 11 is 0. The van der Waals surface area contributed by atoms with Gasteiger partial charge in [0, 0.05) is 25.8 Å². The van der Waals surface area contributed by atoms with Crippen LogP contribution in [0, 0.1) is 11.8 Å². The van der Waals surface area contributed by atoms with E-state index < -0.39 is 0 Å². The third-order valence-corrected chi connectivity index (χ3v) is 2.62. The van der Waals surface area contributed by atoms with Crippen LogP contribution in [0.4, 0.5) is 5.69 Å². The molecule has 4 nitrogen and oxygen atoms in total. The zero-order valence-corrected chi connectivity index (χ0v) is 12.0. The monoisotopic (exact) mass is 250 g/mol. The molecule has 0 radical (unpaired) electrons. The van der Waals surface area contributed by atoms with Gasteiger partial charge in [0.2, 0.25) is 0 Å². The Balaban J connectivity index is 2.68. The Labute approximate surface area is 111 Å². The van der Waals surface area contributed by atoms with Gasteiger partial charge in [-0.05, 0) is 24.0 Å². The fourth-order valence-electron chi connectivity index (χ4n) is 2.12. The molecule has 1 rings (SSSR count). The van der Waals surface area contributed by atoms with E-state index in [1.165, 1.54) is 0 Å². The lowest BCUT2D eigenvalue weighted by Gasteiger charge is -2.25. The van der Waals surface area contributed by atoms with Gasteiger partial charge in [0.05, 0.1) is 11.4 Å². The summed E-state index contributed by atoms with van der Waals surface area (Å²) in [7, 11) is 0. The number of hydrazine groups is 1. The lowest BCUT2D eigenvalue weighted by atomic mass is 10.1. The van der Waals surface area contributed by atoms with Crippen LogP contribution >= 0.6 is 0 Å². The third-order valence-electron chi connectivity index (χ3n) is 2.62. The zero-order chi connectivity index (χ0) is 13.5. The number of pyridine rings is 1. The summed E-state index contributed by atoms with van der Waals surface area (Å²) in [6, 6.07) is 3.88. The molecule has 0 aliphatic carbocycles. The van der Waals surface area contributed by atoms with Gasteiger partial charge in [-0.3, -0.25) is 15.7 Å². The molecule has 0 amide bonds. The van der Waals surface area contributed by atoms with E-state index in [0.717, 1.165) is 31.0 Å². The van der Waals surface area contributed by atoms with Crippen molar-refractivity contribution in [3.8, 4) is 0 Å². The standard InChI is InChI=1S/C14H26N4/c1-11(2)8-18(9-12(3)4)10-14-7-13(17-15)5-6-16-14/h5-7,11-12H,8-10,15H2,1-4H3,(H,16,17). The average Bonchev–Trinajstić information content (AvgIpc) is 2.27. The van der Waals surface area contributed by atoms with Gasteiger partial charge in [0.1, 0.15) is 0 Å². The molecule has 1 aromatic heterocycles. The molecule has 0 atom stereocenters. The van der Waals surface area contributed by atoms with Crippen molar-refractivity contribution in [1.82, 2.24) is 9.88 Å². The number of nitrogens with two attached hydrogens (primary N) is 1. The van der Waals surface area contributed by atoms with Crippen molar-refractivity contribution >= 4 is 5.69 Å². The van der Waals surface area contributed by atoms with E-state index in [2.05, 4.69) is 43.0 Å². The number of rotatable bonds is 7. The van der Waals surface area contributed by atoms with Gasteiger partial charge < -0.3 is 5.43 Å². The van der Waals surface area contributed by atoms with E-state index in [0.29, 0.717) is 11.8 Å². The Kier molecular flexibility index (Phi) is 6.09. The highest BCUT2D eigenvalue weighted by molar-refractivity contribution is 5.41. The first-order valence-corrected chi connectivity index (χ1v) is 6.65. The van der Waals surface area contributed by atoms with Crippen molar-refractivity contribution < 1.29 is 0 Å². The van der Waals surface area contributed by atoms with E-state index >= 15 is 0 Å². The minimum atomic E-state index is 0.666. The first-order chi connectivity index (χ1) is 8.51. The van der Waals surface area contributed by atoms with E-state index in [9.17, 15) is 0 Å². The van der Waals surface area contributed by atoms with Crippen LogP contribution in [-0.2, 0) is 6.54 Å². The van der Waals surface area contributed by atoms with E-state index in [4.69, 9.17) is 5.84 Å². The minimum Gasteiger partial charge on any atom is -0.324 e. The maximum absolute atomic E-state index is 5.42. The summed E-state index contributed by atoms with van der Waals surface area (Å²) < 4.78 is 0. The maximum atomic E-state index is 5.42. The van der Waals surface area contributed by atoms with E-state index in [-0.39, 0.29) is 0 Å². The molecule has 102 valence electrons. The van der Waals surface area contributed by atoms with Gasteiger partial charge in [-0.2, -0.15) is 0 Å². The molecule has 3 N–H and O–H groups in total. The van der Waals surface area contributed by atoms with Crippen LogP contribution in [0.25, 0.3) is 0 Å². The topological polar surface area (TPSA) is 54.2 Å². The van der Waals surface area contributed by atoms with Crippen LogP contribution in [-0.4, -0.2) is 23.0 Å². The molecule has 0 bridgehead atoms. The number of anilines is 1. The Morgan fingerprint density at radius 3 is 2.33 bits per heavy atom. The highest BCUT2D eigenvalue weighted by Crippen LogP contribution is 2.11. The number of aromatic nitrogens is 1. The van der Waals surface area contributed by atoms with Crippen LogP contribution in [0.2, 0.25) is 0 Å². The lowest BCUT2D eigenvalue weighted by molar-refractivity contribution is 0.209. The van der Waals surface area contributed by atoms with Crippen LogP contribution < -0.4 is 11.3 Å². The highest BCUT2D eigenvalue weighted by atomic mass is 15.2. The van der Waals surface area contributed by atoms with Crippen LogP contribution in [0.3, 0.4) is 0 Å². The summed E-state index contributed by atoms with van der Waals surface area (Å²) in [5.74, 6) is 6.75. The maximum Gasteiger partial charge on any atom is 0.0564 e. The molecule has 4 heteroatoms. The second-order valence-electron chi connectivity index (χ2n) is 5.66. The molecule has 0 unspecified atom stereocenters. The summed E-state index contributed by atoms with van der Waals surface area (Å²) in [6.07, 6.45) is 1.80. The van der Waals surface area contributed by atoms with Gasteiger partial charge in [0.25, 0.3) is 0 Å². The molecule has 0 fully saturated rings. The summed E-state index contributed by atoms with van der Waals surface area (Å²) in [5.41, 5.74) is 4.64. The van der Waals surface area contributed by atoms with Gasteiger partial charge in [-0.25, -0.2) is 0 Å². The van der Waals surface area contributed by atoms with E-state index in [1.54, 1.807) is 6.20 Å². The second-order valence-corrected chi connectivity index (χ2v) is 5.66. The predicted molar refractivity (Wildman–Crippen MR) is 77.0 cm³/mol. The average molecular weight is 250 g/mol. The fourth-order valence-corrected chi connectivity index (χ4v) is 2.12. The minimum absolute atomic E-state index is 0.666. The third kappa shape index (κ3) is 5.47. The summed E-state index contributed by atoms with van der Waals surface area (Å²) in [5, 5.41) is 0. The largest absolute Gasteiger partial charge is 0.324 e. The van der Waals surface area contributed by atoms with Gasteiger partial charge in [-0.1, -0.05) is 27.7 Å². The number of hydrogen-bond acceptors (Lipinski definition) is 4. The van der Waals surface area contributed by atoms with E-state index in [1.807, 2.05) is 12.1 Å². The first kappa shape index (κ1) is 14.9. The molecule has 0 spiro atoms. The van der Waals surface area contributed by atoms with Gasteiger partial charge in [0.15, 0.2) is 0 Å². The first-order valence-electron chi connectivity index (χ1n) is 6.65. The van der Waals surface area contributed by atoms with Crippen molar-refractivity contribution in [2.24, 2.45) is 17.7 Å². The molecule has 1 heterocycles. The van der Waals surface area contributed by atoms with Crippen molar-refractivity contribution in [3.05, 3.63) is 24.0 Å². The molecule has 0 saturated carbocycles. The Hall–Kier alpha value is -1.13. The van der Waals surface area contributed by atoms with Crippen LogP contribution in [0.15, 0.2) is 18.3 Å².